The fourth-order valence-electron chi connectivity index (χ4n) is 3.28. The van der Waals surface area contributed by atoms with Crippen LogP contribution in [0.2, 0.25) is 0 Å². The molecule has 200 valence electrons. The summed E-state index contributed by atoms with van der Waals surface area (Å²) in [7, 11) is 0. The van der Waals surface area contributed by atoms with Crippen molar-refractivity contribution < 1.29 is 41.5 Å². The van der Waals surface area contributed by atoms with E-state index in [0.717, 1.165) is 0 Å². The van der Waals surface area contributed by atoms with Crippen molar-refractivity contribution >= 4 is 41.1 Å². The molecule has 1 rings (SSSR count). The number of nitrogens with one attached hydrogen (secondary N) is 4. The van der Waals surface area contributed by atoms with E-state index in [0.29, 0.717) is 18.0 Å². The van der Waals surface area contributed by atoms with Crippen LogP contribution >= 0.6 is 11.6 Å². The molecule has 1 fully saturated rings. The van der Waals surface area contributed by atoms with Crippen molar-refractivity contribution in [3.05, 3.63) is 0 Å². The maximum absolute atomic E-state index is 13.5. The molecule has 0 bridgehead atoms. The summed E-state index contributed by atoms with van der Waals surface area (Å²) in [5, 5.41) is 6.96. The highest BCUT2D eigenvalue weighted by atomic mass is 35.5. The van der Waals surface area contributed by atoms with Crippen molar-refractivity contribution in [3.8, 4) is 0 Å². The molecule has 15 heteroatoms. The molecule has 1 saturated heterocycles. The van der Waals surface area contributed by atoms with Crippen molar-refractivity contribution in [2.24, 2.45) is 17.8 Å². The highest BCUT2D eigenvalue weighted by molar-refractivity contribution is 6.29. The van der Waals surface area contributed by atoms with Gasteiger partial charge >= 0.3 is 12.1 Å². The Labute approximate surface area is 204 Å². The van der Waals surface area contributed by atoms with Gasteiger partial charge < -0.3 is 16.0 Å². The smallest absolute Gasteiger partial charge is 0.356 e. The van der Waals surface area contributed by atoms with Crippen molar-refractivity contribution in [3.63, 3.8) is 0 Å². The predicted octanol–water partition coefficient (Wildman–Crippen LogP) is 0.751. The molecule has 1 aliphatic heterocycles. The summed E-state index contributed by atoms with van der Waals surface area (Å²) in [5.41, 5.74) is -0.379. The summed E-state index contributed by atoms with van der Waals surface area (Å²) in [4.78, 5) is 61.0. The Morgan fingerprint density at radius 3 is 2.14 bits per heavy atom. The second-order valence-electron chi connectivity index (χ2n) is 8.89. The zero-order valence-electron chi connectivity index (χ0n) is 19.7. The minimum absolute atomic E-state index is 0.0124. The van der Waals surface area contributed by atoms with Gasteiger partial charge in [0.25, 0.3) is 17.4 Å². The van der Waals surface area contributed by atoms with E-state index in [1.54, 1.807) is 19.2 Å². The summed E-state index contributed by atoms with van der Waals surface area (Å²) in [6.45, 7) is 6.12. The summed E-state index contributed by atoms with van der Waals surface area (Å²) in [6.07, 6.45) is -4.92. The number of nitrogens with zero attached hydrogens (tertiary/aromatic N) is 1. The molecule has 0 aromatic heterocycles. The first-order chi connectivity index (χ1) is 16.0. The quantitative estimate of drug-likeness (QED) is 0.187. The molecule has 0 saturated carbocycles. The van der Waals surface area contributed by atoms with Crippen molar-refractivity contribution in [2.45, 2.75) is 64.4 Å². The van der Waals surface area contributed by atoms with Crippen molar-refractivity contribution in [1.82, 2.24) is 26.4 Å². The van der Waals surface area contributed by atoms with Crippen LogP contribution in [0.25, 0.3) is 0 Å². The van der Waals surface area contributed by atoms with Gasteiger partial charge in [0.15, 0.2) is 0 Å². The maximum atomic E-state index is 13.5. The fourth-order valence-corrected chi connectivity index (χ4v) is 3.40. The lowest BCUT2D eigenvalue weighted by Crippen LogP contribution is -2.60. The molecule has 1 heterocycles. The minimum Gasteiger partial charge on any atom is -0.356 e. The summed E-state index contributed by atoms with van der Waals surface area (Å²) in [6, 6.07) is -2.99. The van der Waals surface area contributed by atoms with Crippen LogP contribution in [0.5, 0.6) is 0 Å². The third kappa shape index (κ3) is 9.49. The highest BCUT2D eigenvalue weighted by Crippen LogP contribution is 2.17. The Bertz CT molecular complexity index is 809. The molecule has 0 radical (unpaired) electrons. The molecular formula is C20H30ClF4N5O5. The van der Waals surface area contributed by atoms with Gasteiger partial charge in [0.2, 0.25) is 11.8 Å². The van der Waals surface area contributed by atoms with E-state index in [2.05, 4.69) is 16.1 Å². The van der Waals surface area contributed by atoms with Gasteiger partial charge in [-0.1, -0.05) is 39.3 Å². The zero-order valence-corrected chi connectivity index (χ0v) is 20.4. The summed E-state index contributed by atoms with van der Waals surface area (Å²) < 4.78 is 51.5. The fraction of sp³-hybridized carbons (Fsp3) is 0.750. The Balaban J connectivity index is 3.06. The predicted molar refractivity (Wildman–Crippen MR) is 116 cm³/mol. The van der Waals surface area contributed by atoms with E-state index in [4.69, 9.17) is 11.6 Å². The van der Waals surface area contributed by atoms with Gasteiger partial charge in [0.1, 0.15) is 12.1 Å². The SMILES string of the molecule is CC(C)C[C@H](NC(=O)[C@@H](NC(=O)C(F)(F)F)C(C)C)C(=O)NN(C[C@@H]1CCNC1=O)C(=O)[C@H](F)Cl. The number of hydrogen-bond acceptors (Lipinski definition) is 5. The van der Waals surface area contributed by atoms with E-state index >= 15 is 0 Å². The molecule has 5 amide bonds. The van der Waals surface area contributed by atoms with Gasteiger partial charge in [-0.05, 0) is 24.7 Å². The molecule has 10 nitrogen and oxygen atoms in total. The molecule has 0 spiro atoms. The summed E-state index contributed by atoms with van der Waals surface area (Å²) in [5.74, 6) is -7.84. The normalized spacial score (nSPS) is 18.5. The first-order valence-electron chi connectivity index (χ1n) is 10.9. The number of hydrogen-bond donors (Lipinski definition) is 4. The molecule has 1 aliphatic rings. The molecule has 0 aliphatic carbocycles. The number of rotatable bonds is 10. The monoisotopic (exact) mass is 531 g/mol. The topological polar surface area (TPSA) is 137 Å². The Morgan fingerprint density at radius 1 is 1.11 bits per heavy atom. The minimum atomic E-state index is -5.22. The number of halogens is 5. The van der Waals surface area contributed by atoms with Gasteiger partial charge in [-0.25, -0.2) is 9.40 Å². The Morgan fingerprint density at radius 2 is 1.71 bits per heavy atom. The van der Waals surface area contributed by atoms with E-state index in [1.807, 2.05) is 0 Å². The molecular weight excluding hydrogens is 502 g/mol. The van der Waals surface area contributed by atoms with E-state index in [-0.39, 0.29) is 18.9 Å². The van der Waals surface area contributed by atoms with Gasteiger partial charge in [-0.2, -0.15) is 13.2 Å². The van der Waals surface area contributed by atoms with Crippen LogP contribution in [-0.4, -0.2) is 71.5 Å². The number of hydrazine groups is 1. The molecule has 35 heavy (non-hydrogen) atoms. The Hall–Kier alpha value is -2.64. The van der Waals surface area contributed by atoms with Crippen LogP contribution in [0.15, 0.2) is 0 Å². The lowest BCUT2D eigenvalue weighted by Gasteiger charge is -2.30. The number of alkyl halides is 5. The highest BCUT2D eigenvalue weighted by Gasteiger charge is 2.42. The second-order valence-corrected chi connectivity index (χ2v) is 9.27. The first kappa shape index (κ1) is 30.4. The maximum Gasteiger partial charge on any atom is 0.471 e. The van der Waals surface area contributed by atoms with Crippen LogP contribution in [-0.2, 0) is 24.0 Å². The van der Waals surface area contributed by atoms with Crippen LogP contribution in [0.1, 0.15) is 40.5 Å². The second kappa shape index (κ2) is 12.9. The average molecular weight is 532 g/mol. The van der Waals surface area contributed by atoms with Gasteiger partial charge in [0.05, 0.1) is 12.5 Å². The van der Waals surface area contributed by atoms with Crippen LogP contribution < -0.4 is 21.4 Å². The summed E-state index contributed by atoms with van der Waals surface area (Å²) >= 11 is 5.23. The van der Waals surface area contributed by atoms with E-state index in [9.17, 15) is 41.5 Å². The largest absolute Gasteiger partial charge is 0.471 e. The number of carbonyl (C=O) groups excluding carboxylic acids is 5. The van der Waals surface area contributed by atoms with Crippen LogP contribution in [0, 0.1) is 17.8 Å². The Kier molecular flexibility index (Phi) is 11.2. The lowest BCUT2D eigenvalue weighted by atomic mass is 10.00. The van der Waals surface area contributed by atoms with Gasteiger partial charge in [-0.3, -0.25) is 29.4 Å². The first-order valence-corrected chi connectivity index (χ1v) is 11.3. The standard InChI is InChI=1S/C20H30ClF4N5O5/c1-9(2)7-12(27-17(33)13(10(3)4)28-19(35)20(23,24)25)16(32)29-30(18(34)14(21)22)8-11-5-6-26-15(11)31/h9-14H,5-8H2,1-4H3,(H,26,31)(H,27,33)(H,28,35)(H,29,32)/t11-,12-,13-,14-/m0/s1. The van der Waals surface area contributed by atoms with Gasteiger partial charge in [0, 0.05) is 6.54 Å². The third-order valence-electron chi connectivity index (χ3n) is 5.10. The third-order valence-corrected chi connectivity index (χ3v) is 5.28. The van der Waals surface area contributed by atoms with E-state index < -0.39 is 65.3 Å². The molecule has 0 aromatic carbocycles. The van der Waals surface area contributed by atoms with Crippen molar-refractivity contribution in [1.29, 1.82) is 0 Å². The van der Waals surface area contributed by atoms with Crippen LogP contribution in [0.3, 0.4) is 0 Å². The molecule has 0 aromatic rings. The molecule has 4 N–H and O–H groups in total. The molecule has 0 unspecified atom stereocenters. The van der Waals surface area contributed by atoms with E-state index in [1.165, 1.54) is 13.8 Å². The average Bonchev–Trinajstić information content (AvgIpc) is 3.12. The lowest BCUT2D eigenvalue weighted by molar-refractivity contribution is -0.175. The van der Waals surface area contributed by atoms with Crippen LogP contribution in [0.4, 0.5) is 17.6 Å². The molecule has 4 atom stereocenters. The number of carbonyl (C=O) groups is 5. The van der Waals surface area contributed by atoms with Gasteiger partial charge in [-0.15, -0.1) is 0 Å². The van der Waals surface area contributed by atoms with Crippen molar-refractivity contribution in [2.75, 3.05) is 13.1 Å². The zero-order chi connectivity index (χ0) is 27.1. The number of amides is 5.